The molecular weight excluding hydrogens is 326 g/mol. The molecule has 1 aromatic heterocycles. The highest BCUT2D eigenvalue weighted by atomic mass is 16.5. The third kappa shape index (κ3) is 4.64. The second-order valence-corrected chi connectivity index (χ2v) is 6.60. The van der Waals surface area contributed by atoms with Gasteiger partial charge >= 0.3 is 0 Å². The van der Waals surface area contributed by atoms with Crippen molar-refractivity contribution in [3.63, 3.8) is 0 Å². The van der Waals surface area contributed by atoms with E-state index >= 15 is 0 Å². The van der Waals surface area contributed by atoms with Gasteiger partial charge in [0.2, 0.25) is 0 Å². The van der Waals surface area contributed by atoms with E-state index in [1.807, 2.05) is 6.07 Å². The number of aryl methyl sites for hydroxylation is 1. The number of ether oxygens (including phenoxy) is 1. The Morgan fingerprint density at radius 1 is 1.15 bits per heavy atom. The second kappa shape index (κ2) is 8.85. The summed E-state index contributed by atoms with van der Waals surface area (Å²) in [6, 6.07) is 8.42. The third-order valence-corrected chi connectivity index (χ3v) is 4.80. The molecule has 140 valence electrons. The zero-order valence-corrected chi connectivity index (χ0v) is 16.0. The number of rotatable bonds is 8. The molecule has 1 aliphatic heterocycles. The summed E-state index contributed by atoms with van der Waals surface area (Å²) in [6.07, 6.45) is 4.13. The van der Waals surface area contributed by atoms with Gasteiger partial charge in [0, 0.05) is 43.7 Å². The van der Waals surface area contributed by atoms with Crippen LogP contribution in [0.3, 0.4) is 0 Å². The fourth-order valence-electron chi connectivity index (χ4n) is 3.26. The molecule has 0 bridgehead atoms. The maximum atomic E-state index is 5.64. The van der Waals surface area contributed by atoms with E-state index in [-0.39, 0.29) is 6.10 Å². The Kier molecular flexibility index (Phi) is 6.28. The van der Waals surface area contributed by atoms with E-state index in [1.165, 1.54) is 11.3 Å². The van der Waals surface area contributed by atoms with Gasteiger partial charge in [-0.1, -0.05) is 0 Å². The minimum atomic E-state index is 0.288. The first-order chi connectivity index (χ1) is 12.7. The Bertz CT molecular complexity index is 711. The highest BCUT2D eigenvalue weighted by Gasteiger charge is 2.15. The number of aromatic nitrogens is 2. The van der Waals surface area contributed by atoms with E-state index in [9.17, 15) is 0 Å². The molecule has 0 spiro atoms. The number of benzene rings is 1. The summed E-state index contributed by atoms with van der Waals surface area (Å²) in [5.41, 5.74) is 3.51. The summed E-state index contributed by atoms with van der Waals surface area (Å²) in [4.78, 5) is 11.0. The summed E-state index contributed by atoms with van der Waals surface area (Å²) in [5.74, 6) is 1.60. The molecule has 2 N–H and O–H groups in total. The SMILES string of the molecule is CCN(CC)c1ccc(Nc2cc(NCC3CCCO3)ncn2)c(C)c1. The van der Waals surface area contributed by atoms with Crippen molar-refractivity contribution in [3.05, 3.63) is 36.2 Å². The minimum Gasteiger partial charge on any atom is -0.376 e. The van der Waals surface area contributed by atoms with Crippen molar-refractivity contribution in [2.75, 3.05) is 41.8 Å². The quantitative estimate of drug-likeness (QED) is 0.747. The average Bonchev–Trinajstić information content (AvgIpc) is 3.17. The number of hydrogen-bond donors (Lipinski definition) is 2. The van der Waals surface area contributed by atoms with Crippen LogP contribution in [-0.4, -0.2) is 42.3 Å². The molecule has 0 saturated carbocycles. The van der Waals surface area contributed by atoms with Gasteiger partial charge in [0.25, 0.3) is 0 Å². The van der Waals surface area contributed by atoms with Crippen LogP contribution in [0, 0.1) is 6.92 Å². The molecule has 0 amide bonds. The predicted molar refractivity (Wildman–Crippen MR) is 108 cm³/mol. The van der Waals surface area contributed by atoms with Gasteiger partial charge in [-0.05, 0) is 57.4 Å². The first kappa shape index (κ1) is 18.5. The Morgan fingerprint density at radius 3 is 2.65 bits per heavy atom. The van der Waals surface area contributed by atoms with Crippen molar-refractivity contribution < 1.29 is 4.74 Å². The third-order valence-electron chi connectivity index (χ3n) is 4.80. The van der Waals surface area contributed by atoms with Crippen LogP contribution in [0.2, 0.25) is 0 Å². The van der Waals surface area contributed by atoms with Crippen LogP contribution in [0.25, 0.3) is 0 Å². The number of nitrogens with zero attached hydrogens (tertiary/aromatic N) is 3. The second-order valence-electron chi connectivity index (χ2n) is 6.60. The molecule has 1 unspecified atom stereocenters. The Morgan fingerprint density at radius 2 is 1.96 bits per heavy atom. The summed E-state index contributed by atoms with van der Waals surface area (Å²) >= 11 is 0. The highest BCUT2D eigenvalue weighted by molar-refractivity contribution is 5.66. The van der Waals surface area contributed by atoms with E-state index in [0.29, 0.717) is 0 Å². The molecule has 1 aliphatic rings. The van der Waals surface area contributed by atoms with Crippen molar-refractivity contribution in [3.8, 4) is 0 Å². The lowest BCUT2D eigenvalue weighted by molar-refractivity contribution is 0.120. The molecule has 3 rings (SSSR count). The molecule has 0 aliphatic carbocycles. The van der Waals surface area contributed by atoms with Gasteiger partial charge < -0.3 is 20.3 Å². The minimum absolute atomic E-state index is 0.288. The zero-order valence-electron chi connectivity index (χ0n) is 16.0. The van der Waals surface area contributed by atoms with Crippen LogP contribution in [0.15, 0.2) is 30.6 Å². The van der Waals surface area contributed by atoms with Crippen molar-refractivity contribution >= 4 is 23.0 Å². The topological polar surface area (TPSA) is 62.3 Å². The van der Waals surface area contributed by atoms with Gasteiger partial charge in [-0.3, -0.25) is 0 Å². The monoisotopic (exact) mass is 355 g/mol. The van der Waals surface area contributed by atoms with E-state index in [1.54, 1.807) is 6.33 Å². The fourth-order valence-corrected chi connectivity index (χ4v) is 3.26. The maximum Gasteiger partial charge on any atom is 0.135 e. The van der Waals surface area contributed by atoms with Crippen LogP contribution in [0.1, 0.15) is 32.3 Å². The van der Waals surface area contributed by atoms with Crippen LogP contribution < -0.4 is 15.5 Å². The molecule has 0 radical (unpaired) electrons. The molecular formula is C20H29N5O. The van der Waals surface area contributed by atoms with Gasteiger partial charge in [0.05, 0.1) is 6.10 Å². The lowest BCUT2D eigenvalue weighted by atomic mass is 10.1. The molecule has 1 fully saturated rings. The van der Waals surface area contributed by atoms with Crippen molar-refractivity contribution in [1.82, 2.24) is 9.97 Å². The van der Waals surface area contributed by atoms with Gasteiger partial charge in [0.1, 0.15) is 18.0 Å². The lowest BCUT2D eigenvalue weighted by Crippen LogP contribution is -2.21. The van der Waals surface area contributed by atoms with Gasteiger partial charge in [-0.25, -0.2) is 9.97 Å². The molecule has 1 aromatic carbocycles. The standard InChI is InChI=1S/C20H29N5O/c1-4-25(5-2)16-8-9-18(15(3)11-16)24-20-12-19(22-14-23-20)21-13-17-7-6-10-26-17/h8-9,11-12,14,17H,4-7,10,13H2,1-3H3,(H2,21,22,23,24). The fraction of sp³-hybridized carbons (Fsp3) is 0.500. The predicted octanol–water partition coefficient (Wildman–Crippen LogP) is 3.97. The van der Waals surface area contributed by atoms with Crippen LogP contribution in [-0.2, 0) is 4.74 Å². The van der Waals surface area contributed by atoms with Crippen molar-refractivity contribution in [2.45, 2.75) is 39.7 Å². The largest absolute Gasteiger partial charge is 0.376 e. The summed E-state index contributed by atoms with van der Waals surface area (Å²) in [6.45, 7) is 10.1. The summed E-state index contributed by atoms with van der Waals surface area (Å²) in [5, 5.41) is 6.75. The van der Waals surface area contributed by atoms with E-state index in [2.05, 4.69) is 64.5 Å². The molecule has 2 aromatic rings. The highest BCUT2D eigenvalue weighted by Crippen LogP contribution is 2.25. The maximum absolute atomic E-state index is 5.64. The van der Waals surface area contributed by atoms with Crippen LogP contribution in [0.4, 0.5) is 23.0 Å². The first-order valence-electron chi connectivity index (χ1n) is 9.49. The van der Waals surface area contributed by atoms with Gasteiger partial charge in [0.15, 0.2) is 0 Å². The number of hydrogen-bond acceptors (Lipinski definition) is 6. The number of nitrogens with one attached hydrogen (secondary N) is 2. The van der Waals surface area contributed by atoms with Crippen molar-refractivity contribution in [1.29, 1.82) is 0 Å². The molecule has 2 heterocycles. The van der Waals surface area contributed by atoms with E-state index in [0.717, 1.165) is 56.4 Å². The lowest BCUT2D eigenvalue weighted by Gasteiger charge is -2.22. The normalized spacial score (nSPS) is 16.5. The first-order valence-corrected chi connectivity index (χ1v) is 9.49. The van der Waals surface area contributed by atoms with E-state index < -0.39 is 0 Å². The average molecular weight is 355 g/mol. The smallest absolute Gasteiger partial charge is 0.135 e. The van der Waals surface area contributed by atoms with Gasteiger partial charge in [-0.15, -0.1) is 0 Å². The molecule has 6 nitrogen and oxygen atoms in total. The molecule has 1 atom stereocenters. The Labute approximate surface area is 156 Å². The molecule has 6 heteroatoms. The molecule has 1 saturated heterocycles. The van der Waals surface area contributed by atoms with Gasteiger partial charge in [-0.2, -0.15) is 0 Å². The molecule has 26 heavy (non-hydrogen) atoms. The summed E-state index contributed by atoms with van der Waals surface area (Å²) < 4.78 is 5.64. The number of anilines is 4. The van der Waals surface area contributed by atoms with Crippen molar-refractivity contribution in [2.24, 2.45) is 0 Å². The Hall–Kier alpha value is -2.34. The van der Waals surface area contributed by atoms with Crippen LogP contribution >= 0.6 is 0 Å². The van der Waals surface area contributed by atoms with Crippen LogP contribution in [0.5, 0.6) is 0 Å². The summed E-state index contributed by atoms with van der Waals surface area (Å²) in [7, 11) is 0. The Balaban J connectivity index is 1.65. The van der Waals surface area contributed by atoms with E-state index in [4.69, 9.17) is 4.74 Å². The zero-order chi connectivity index (χ0) is 18.4.